The Morgan fingerprint density at radius 2 is 1.76 bits per heavy atom. The zero-order valence-corrected chi connectivity index (χ0v) is 11.0. The highest BCUT2D eigenvalue weighted by Gasteiger charge is 2.04. The summed E-state index contributed by atoms with van der Waals surface area (Å²) in [5.41, 5.74) is 1.41. The summed E-state index contributed by atoms with van der Waals surface area (Å²) in [7, 11) is 0. The van der Waals surface area contributed by atoms with Crippen molar-refractivity contribution in [2.75, 3.05) is 13.1 Å². The molecular weight excluding hydrogens is 210 g/mol. The summed E-state index contributed by atoms with van der Waals surface area (Å²) in [6.07, 6.45) is 2.71. The number of aliphatic hydroxyl groups excluding tert-OH is 1. The number of aliphatic hydroxyl groups is 1. The van der Waals surface area contributed by atoms with Gasteiger partial charge in [-0.25, -0.2) is 0 Å². The van der Waals surface area contributed by atoms with E-state index in [-0.39, 0.29) is 6.10 Å². The van der Waals surface area contributed by atoms with Crippen LogP contribution < -0.4 is 5.32 Å². The third-order valence-electron chi connectivity index (χ3n) is 3.25. The van der Waals surface area contributed by atoms with Crippen LogP contribution in [0.25, 0.3) is 0 Å². The molecule has 0 aliphatic heterocycles. The van der Waals surface area contributed by atoms with Crippen LogP contribution in [0.1, 0.15) is 44.6 Å². The van der Waals surface area contributed by atoms with Crippen LogP contribution in [-0.4, -0.2) is 24.3 Å². The van der Waals surface area contributed by atoms with E-state index in [1.807, 2.05) is 6.92 Å². The van der Waals surface area contributed by atoms with E-state index in [1.165, 1.54) is 5.56 Å². The summed E-state index contributed by atoms with van der Waals surface area (Å²) in [6, 6.07) is 10.6. The van der Waals surface area contributed by atoms with Crippen LogP contribution in [-0.2, 0) is 0 Å². The molecule has 96 valence electrons. The van der Waals surface area contributed by atoms with E-state index in [0.717, 1.165) is 32.4 Å². The lowest BCUT2D eigenvalue weighted by Crippen LogP contribution is -2.22. The molecule has 0 aromatic heterocycles. The van der Waals surface area contributed by atoms with Crippen molar-refractivity contribution in [2.24, 2.45) is 0 Å². The Bertz CT molecular complexity index is 286. The fraction of sp³-hybridized carbons (Fsp3) is 0.600. The normalized spacial score (nSPS) is 14.5. The number of hydrogen-bond acceptors (Lipinski definition) is 2. The minimum Gasteiger partial charge on any atom is -0.393 e. The molecule has 2 heteroatoms. The molecule has 1 aromatic carbocycles. The maximum absolute atomic E-state index is 9.40. The molecule has 2 unspecified atom stereocenters. The van der Waals surface area contributed by atoms with Gasteiger partial charge in [-0.1, -0.05) is 44.2 Å². The van der Waals surface area contributed by atoms with Crippen molar-refractivity contribution in [1.29, 1.82) is 0 Å². The van der Waals surface area contributed by atoms with Gasteiger partial charge in [-0.05, 0) is 43.8 Å². The molecule has 0 heterocycles. The summed E-state index contributed by atoms with van der Waals surface area (Å²) in [5.74, 6) is 0.597. The van der Waals surface area contributed by atoms with Crippen LogP contribution in [0.5, 0.6) is 0 Å². The molecule has 0 spiro atoms. The first-order valence-electron chi connectivity index (χ1n) is 6.67. The second-order valence-electron chi connectivity index (χ2n) is 4.70. The van der Waals surface area contributed by atoms with Crippen LogP contribution >= 0.6 is 0 Å². The Kier molecular flexibility index (Phi) is 6.90. The zero-order chi connectivity index (χ0) is 12.5. The molecule has 0 fully saturated rings. The molecule has 0 radical (unpaired) electrons. The van der Waals surface area contributed by atoms with Crippen molar-refractivity contribution in [3.8, 4) is 0 Å². The largest absolute Gasteiger partial charge is 0.393 e. The van der Waals surface area contributed by atoms with Crippen LogP contribution in [0.3, 0.4) is 0 Å². The van der Waals surface area contributed by atoms with Gasteiger partial charge < -0.3 is 10.4 Å². The quantitative estimate of drug-likeness (QED) is 0.679. The second kappa shape index (κ2) is 8.26. The minimum atomic E-state index is -0.144. The van der Waals surface area contributed by atoms with Gasteiger partial charge in [0.2, 0.25) is 0 Å². The van der Waals surface area contributed by atoms with Crippen LogP contribution in [0.4, 0.5) is 0 Å². The number of nitrogens with one attached hydrogen (secondary N) is 1. The van der Waals surface area contributed by atoms with Gasteiger partial charge in [0.15, 0.2) is 0 Å². The van der Waals surface area contributed by atoms with Gasteiger partial charge in [0.05, 0.1) is 6.10 Å². The third-order valence-corrected chi connectivity index (χ3v) is 3.25. The van der Waals surface area contributed by atoms with E-state index in [4.69, 9.17) is 0 Å². The SMILES string of the molecule is CCC(O)CCNCCC(C)c1ccccc1. The monoisotopic (exact) mass is 235 g/mol. The molecule has 17 heavy (non-hydrogen) atoms. The molecule has 0 aliphatic carbocycles. The van der Waals surface area contributed by atoms with Gasteiger partial charge in [-0.2, -0.15) is 0 Å². The lowest BCUT2D eigenvalue weighted by Gasteiger charge is -2.13. The summed E-state index contributed by atoms with van der Waals surface area (Å²) in [4.78, 5) is 0. The van der Waals surface area contributed by atoms with Crippen molar-refractivity contribution in [3.63, 3.8) is 0 Å². The molecule has 1 aromatic rings. The standard InChI is InChI=1S/C15H25NO/c1-3-15(17)10-12-16-11-9-13(2)14-7-5-4-6-8-14/h4-8,13,15-17H,3,9-12H2,1-2H3. The molecule has 2 atom stereocenters. The molecule has 0 aliphatic rings. The maximum Gasteiger partial charge on any atom is 0.0549 e. The Morgan fingerprint density at radius 3 is 2.41 bits per heavy atom. The van der Waals surface area contributed by atoms with Gasteiger partial charge in [0.1, 0.15) is 0 Å². The Morgan fingerprint density at radius 1 is 1.12 bits per heavy atom. The third kappa shape index (κ3) is 5.85. The van der Waals surface area contributed by atoms with Gasteiger partial charge >= 0.3 is 0 Å². The highest BCUT2D eigenvalue weighted by atomic mass is 16.3. The van der Waals surface area contributed by atoms with Crippen LogP contribution in [0, 0.1) is 0 Å². The van der Waals surface area contributed by atoms with Gasteiger partial charge in [-0.3, -0.25) is 0 Å². The lowest BCUT2D eigenvalue weighted by atomic mass is 9.98. The summed E-state index contributed by atoms with van der Waals surface area (Å²) in [6.45, 7) is 6.21. The lowest BCUT2D eigenvalue weighted by molar-refractivity contribution is 0.160. The predicted molar refractivity (Wildman–Crippen MR) is 73.3 cm³/mol. The first kappa shape index (κ1) is 14.2. The molecular formula is C15H25NO. The van der Waals surface area contributed by atoms with E-state index in [1.54, 1.807) is 0 Å². The topological polar surface area (TPSA) is 32.3 Å². The van der Waals surface area contributed by atoms with E-state index in [2.05, 4.69) is 42.6 Å². The molecule has 0 amide bonds. The predicted octanol–water partition coefficient (Wildman–Crippen LogP) is 2.93. The van der Waals surface area contributed by atoms with Crippen LogP contribution in [0.2, 0.25) is 0 Å². The summed E-state index contributed by atoms with van der Waals surface area (Å²) in [5, 5.41) is 12.8. The van der Waals surface area contributed by atoms with Crippen molar-refractivity contribution in [1.82, 2.24) is 5.32 Å². The highest BCUT2D eigenvalue weighted by Crippen LogP contribution is 2.17. The smallest absolute Gasteiger partial charge is 0.0549 e. The zero-order valence-electron chi connectivity index (χ0n) is 11.0. The Labute approximate surface area is 105 Å². The maximum atomic E-state index is 9.40. The fourth-order valence-corrected chi connectivity index (χ4v) is 1.86. The molecule has 0 saturated heterocycles. The van der Waals surface area contributed by atoms with E-state index in [9.17, 15) is 5.11 Å². The average molecular weight is 235 g/mol. The first-order chi connectivity index (χ1) is 8.24. The molecule has 2 nitrogen and oxygen atoms in total. The van der Waals surface area contributed by atoms with Crippen molar-refractivity contribution in [3.05, 3.63) is 35.9 Å². The van der Waals surface area contributed by atoms with Gasteiger partial charge in [0, 0.05) is 0 Å². The fourth-order valence-electron chi connectivity index (χ4n) is 1.86. The van der Waals surface area contributed by atoms with Crippen LogP contribution in [0.15, 0.2) is 30.3 Å². The van der Waals surface area contributed by atoms with Crippen molar-refractivity contribution in [2.45, 2.75) is 45.1 Å². The average Bonchev–Trinajstić information content (AvgIpc) is 2.38. The van der Waals surface area contributed by atoms with Gasteiger partial charge in [-0.15, -0.1) is 0 Å². The summed E-state index contributed by atoms with van der Waals surface area (Å²) >= 11 is 0. The van der Waals surface area contributed by atoms with E-state index >= 15 is 0 Å². The first-order valence-corrected chi connectivity index (χ1v) is 6.67. The van der Waals surface area contributed by atoms with E-state index < -0.39 is 0 Å². The molecule has 1 rings (SSSR count). The van der Waals surface area contributed by atoms with Crippen molar-refractivity contribution >= 4 is 0 Å². The van der Waals surface area contributed by atoms with E-state index in [0.29, 0.717) is 5.92 Å². The molecule has 2 N–H and O–H groups in total. The summed E-state index contributed by atoms with van der Waals surface area (Å²) < 4.78 is 0. The van der Waals surface area contributed by atoms with Gasteiger partial charge in [0.25, 0.3) is 0 Å². The second-order valence-corrected chi connectivity index (χ2v) is 4.70. The number of rotatable bonds is 8. The number of benzene rings is 1. The highest BCUT2D eigenvalue weighted by molar-refractivity contribution is 5.18. The molecule has 0 bridgehead atoms. The molecule has 0 saturated carbocycles. The Balaban J connectivity index is 2.11. The number of hydrogen-bond donors (Lipinski definition) is 2. The minimum absolute atomic E-state index is 0.144. The van der Waals surface area contributed by atoms with Crippen molar-refractivity contribution < 1.29 is 5.11 Å². The Hall–Kier alpha value is -0.860.